The van der Waals surface area contributed by atoms with Gasteiger partial charge in [0.2, 0.25) is 0 Å². The van der Waals surface area contributed by atoms with E-state index in [9.17, 15) is 9.18 Å². The standard InChI is InChI=1S/C15H17ClFNO2/c16-12-4-1-5-13(17)11(12)7-14(19)15-8-18-6-2-3-10(18)9-20-15/h1,4-5,10,15H,2-3,6-9H2. The number of fused-ring (bicyclic) bond motifs is 1. The topological polar surface area (TPSA) is 29.5 Å². The van der Waals surface area contributed by atoms with Crippen molar-refractivity contribution in [3.63, 3.8) is 0 Å². The maximum atomic E-state index is 13.7. The zero-order valence-electron chi connectivity index (χ0n) is 11.1. The van der Waals surface area contributed by atoms with E-state index in [1.165, 1.54) is 12.1 Å². The van der Waals surface area contributed by atoms with Crippen LogP contribution in [-0.2, 0) is 16.0 Å². The van der Waals surface area contributed by atoms with E-state index in [0.717, 1.165) is 19.4 Å². The van der Waals surface area contributed by atoms with Crippen LogP contribution in [0.5, 0.6) is 0 Å². The third-order valence-corrected chi connectivity index (χ3v) is 4.52. The number of hydrogen-bond acceptors (Lipinski definition) is 3. The molecule has 108 valence electrons. The van der Waals surface area contributed by atoms with Gasteiger partial charge in [-0.25, -0.2) is 4.39 Å². The van der Waals surface area contributed by atoms with E-state index >= 15 is 0 Å². The number of carbonyl (C=O) groups is 1. The smallest absolute Gasteiger partial charge is 0.167 e. The number of benzene rings is 1. The molecule has 2 heterocycles. The Morgan fingerprint density at radius 3 is 3.15 bits per heavy atom. The highest BCUT2D eigenvalue weighted by atomic mass is 35.5. The van der Waals surface area contributed by atoms with Crippen molar-refractivity contribution >= 4 is 17.4 Å². The van der Waals surface area contributed by atoms with Crippen molar-refractivity contribution in [3.8, 4) is 0 Å². The Bertz CT molecular complexity index is 502. The van der Waals surface area contributed by atoms with Crippen molar-refractivity contribution in [1.82, 2.24) is 4.90 Å². The summed E-state index contributed by atoms with van der Waals surface area (Å²) in [5, 5.41) is 0.299. The largest absolute Gasteiger partial charge is 0.367 e. The molecule has 0 N–H and O–H groups in total. The molecule has 0 aromatic heterocycles. The number of Topliss-reactive ketones (excluding diaryl/α,β-unsaturated/α-hetero) is 1. The average molecular weight is 298 g/mol. The predicted molar refractivity (Wildman–Crippen MR) is 74.5 cm³/mol. The average Bonchev–Trinajstić information content (AvgIpc) is 2.90. The molecule has 0 spiro atoms. The first kappa shape index (κ1) is 14.0. The third kappa shape index (κ3) is 2.73. The maximum absolute atomic E-state index is 13.7. The van der Waals surface area contributed by atoms with Gasteiger partial charge in [0.1, 0.15) is 11.9 Å². The Labute approximate surface area is 122 Å². The Morgan fingerprint density at radius 1 is 1.50 bits per heavy atom. The SMILES string of the molecule is O=C(Cc1c(F)cccc1Cl)C1CN2CCCC2CO1. The van der Waals surface area contributed by atoms with Crippen LogP contribution in [0.2, 0.25) is 5.02 Å². The van der Waals surface area contributed by atoms with Gasteiger partial charge in [-0.2, -0.15) is 0 Å². The molecule has 1 aromatic carbocycles. The van der Waals surface area contributed by atoms with Gasteiger partial charge in [0, 0.05) is 29.6 Å². The minimum absolute atomic E-state index is 0.00528. The summed E-state index contributed by atoms with van der Waals surface area (Å²) >= 11 is 5.96. The highest BCUT2D eigenvalue weighted by Crippen LogP contribution is 2.25. The molecule has 0 radical (unpaired) electrons. The maximum Gasteiger partial charge on any atom is 0.167 e. The fourth-order valence-corrected chi connectivity index (χ4v) is 3.23. The third-order valence-electron chi connectivity index (χ3n) is 4.16. The normalized spacial score (nSPS) is 26.5. The summed E-state index contributed by atoms with van der Waals surface area (Å²) in [5.74, 6) is -0.525. The molecule has 5 heteroatoms. The molecule has 2 aliphatic rings. The molecule has 2 aliphatic heterocycles. The molecule has 0 bridgehead atoms. The zero-order valence-corrected chi connectivity index (χ0v) is 11.9. The van der Waals surface area contributed by atoms with Crippen LogP contribution in [0.3, 0.4) is 0 Å². The second-order valence-corrected chi connectivity index (χ2v) is 5.86. The number of rotatable bonds is 3. The number of halogens is 2. The summed E-state index contributed by atoms with van der Waals surface area (Å²) in [6.45, 7) is 2.25. The Balaban J connectivity index is 1.67. The molecule has 2 unspecified atom stereocenters. The first-order valence-electron chi connectivity index (χ1n) is 6.96. The van der Waals surface area contributed by atoms with Gasteiger partial charge in [0.15, 0.2) is 5.78 Å². The van der Waals surface area contributed by atoms with Crippen LogP contribution >= 0.6 is 11.6 Å². The van der Waals surface area contributed by atoms with Crippen LogP contribution in [0.4, 0.5) is 4.39 Å². The second kappa shape index (κ2) is 5.80. The van der Waals surface area contributed by atoms with Gasteiger partial charge >= 0.3 is 0 Å². The first-order valence-corrected chi connectivity index (χ1v) is 7.34. The lowest BCUT2D eigenvalue weighted by Crippen LogP contribution is -2.49. The van der Waals surface area contributed by atoms with Gasteiger partial charge < -0.3 is 4.74 Å². The highest BCUT2D eigenvalue weighted by Gasteiger charge is 2.35. The Kier molecular flexibility index (Phi) is 4.06. The molecule has 2 atom stereocenters. The van der Waals surface area contributed by atoms with Crippen LogP contribution in [0.25, 0.3) is 0 Å². The summed E-state index contributed by atoms with van der Waals surface area (Å²) < 4.78 is 19.4. The monoisotopic (exact) mass is 297 g/mol. The molecule has 3 rings (SSSR count). The molecule has 0 aliphatic carbocycles. The van der Waals surface area contributed by atoms with Crippen molar-refractivity contribution in [2.75, 3.05) is 19.7 Å². The van der Waals surface area contributed by atoms with E-state index < -0.39 is 11.9 Å². The highest BCUT2D eigenvalue weighted by molar-refractivity contribution is 6.31. The minimum atomic E-state index is -0.458. The van der Waals surface area contributed by atoms with E-state index in [1.54, 1.807) is 6.07 Å². The lowest BCUT2D eigenvalue weighted by Gasteiger charge is -2.34. The van der Waals surface area contributed by atoms with Gasteiger partial charge in [-0.05, 0) is 31.5 Å². The Morgan fingerprint density at radius 2 is 2.35 bits per heavy atom. The molecule has 2 fully saturated rings. The van der Waals surface area contributed by atoms with E-state index in [4.69, 9.17) is 16.3 Å². The number of nitrogens with zero attached hydrogens (tertiary/aromatic N) is 1. The van der Waals surface area contributed by atoms with Crippen molar-refractivity contribution < 1.29 is 13.9 Å². The number of ether oxygens (including phenoxy) is 1. The van der Waals surface area contributed by atoms with Crippen LogP contribution in [0.1, 0.15) is 18.4 Å². The Hall–Kier alpha value is -0.970. The summed E-state index contributed by atoms with van der Waals surface area (Å²) in [6.07, 6.45) is 1.84. The van der Waals surface area contributed by atoms with Crippen LogP contribution < -0.4 is 0 Å². The van der Waals surface area contributed by atoms with Gasteiger partial charge in [0.25, 0.3) is 0 Å². The van der Waals surface area contributed by atoms with Gasteiger partial charge in [0.05, 0.1) is 6.61 Å². The molecule has 1 aromatic rings. The van der Waals surface area contributed by atoms with E-state index in [1.807, 2.05) is 0 Å². The molecule has 0 saturated carbocycles. The van der Waals surface area contributed by atoms with Crippen molar-refractivity contribution in [2.45, 2.75) is 31.4 Å². The molecular formula is C15H17ClFNO2. The molecule has 2 saturated heterocycles. The van der Waals surface area contributed by atoms with Crippen LogP contribution in [-0.4, -0.2) is 42.5 Å². The zero-order chi connectivity index (χ0) is 14.1. The fourth-order valence-electron chi connectivity index (χ4n) is 3.00. The summed E-state index contributed by atoms with van der Waals surface area (Å²) in [4.78, 5) is 14.6. The lowest BCUT2D eigenvalue weighted by molar-refractivity contribution is -0.137. The summed E-state index contributed by atoms with van der Waals surface area (Å²) in [5.41, 5.74) is 0.270. The van der Waals surface area contributed by atoms with E-state index in [-0.39, 0.29) is 17.8 Å². The van der Waals surface area contributed by atoms with Gasteiger partial charge in [-0.1, -0.05) is 17.7 Å². The molecular weight excluding hydrogens is 281 g/mol. The predicted octanol–water partition coefficient (Wildman–Crippen LogP) is 2.45. The summed E-state index contributed by atoms with van der Waals surface area (Å²) in [7, 11) is 0. The quantitative estimate of drug-likeness (QED) is 0.858. The minimum Gasteiger partial charge on any atom is -0.367 e. The number of hydrogen-bond donors (Lipinski definition) is 0. The van der Waals surface area contributed by atoms with Crippen molar-refractivity contribution in [2.24, 2.45) is 0 Å². The first-order chi connectivity index (χ1) is 9.65. The second-order valence-electron chi connectivity index (χ2n) is 5.46. The van der Waals surface area contributed by atoms with Crippen molar-refractivity contribution in [3.05, 3.63) is 34.6 Å². The number of carbonyl (C=O) groups excluding carboxylic acids is 1. The lowest BCUT2D eigenvalue weighted by atomic mass is 10.0. The van der Waals surface area contributed by atoms with E-state index in [0.29, 0.717) is 24.2 Å². The number of morpholine rings is 1. The number of ketones is 1. The van der Waals surface area contributed by atoms with E-state index in [2.05, 4.69) is 4.90 Å². The molecule has 0 amide bonds. The van der Waals surface area contributed by atoms with Crippen LogP contribution in [0, 0.1) is 5.82 Å². The van der Waals surface area contributed by atoms with Gasteiger partial charge in [-0.15, -0.1) is 0 Å². The van der Waals surface area contributed by atoms with Gasteiger partial charge in [-0.3, -0.25) is 9.69 Å². The molecule has 20 heavy (non-hydrogen) atoms. The summed E-state index contributed by atoms with van der Waals surface area (Å²) in [6, 6.07) is 4.92. The fraction of sp³-hybridized carbons (Fsp3) is 0.533. The van der Waals surface area contributed by atoms with Crippen molar-refractivity contribution in [1.29, 1.82) is 0 Å². The van der Waals surface area contributed by atoms with Crippen LogP contribution in [0.15, 0.2) is 18.2 Å². The molecule has 3 nitrogen and oxygen atoms in total.